The summed E-state index contributed by atoms with van der Waals surface area (Å²) in [5.41, 5.74) is 0.226. The molecule has 0 aromatic heterocycles. The molecule has 0 aliphatic rings. The van der Waals surface area contributed by atoms with Crippen molar-refractivity contribution in [3.63, 3.8) is 0 Å². The van der Waals surface area contributed by atoms with Crippen LogP contribution in [-0.4, -0.2) is 0 Å². The van der Waals surface area contributed by atoms with Crippen molar-refractivity contribution in [2.45, 2.75) is 33.6 Å². The Kier molecular flexibility index (Phi) is 3.89. The molecule has 0 rings (SSSR count). The number of hydrogen-bond donors (Lipinski definition) is 0. The van der Waals surface area contributed by atoms with Crippen LogP contribution in [0.1, 0.15) is 33.6 Å². The maximum atomic E-state index is 8.54. The summed E-state index contributed by atoms with van der Waals surface area (Å²) in [5.74, 6) is 0.449. The van der Waals surface area contributed by atoms with E-state index >= 15 is 0 Å². The van der Waals surface area contributed by atoms with Gasteiger partial charge >= 0.3 is 0 Å². The van der Waals surface area contributed by atoms with E-state index in [4.69, 9.17) is 5.26 Å². The molecule has 0 aromatic carbocycles. The molecule has 0 fully saturated rings. The van der Waals surface area contributed by atoms with Gasteiger partial charge in [-0.2, -0.15) is 5.26 Å². The second-order valence-corrected chi connectivity index (χ2v) is 3.95. The number of nitrogens with zero attached hydrogens (tertiary/aromatic N) is 1. The van der Waals surface area contributed by atoms with Crippen LogP contribution in [0.25, 0.3) is 0 Å². The SMILES string of the molecule is C=CCC(CC#N)C(C)(C)C. The van der Waals surface area contributed by atoms with Gasteiger partial charge in [0.25, 0.3) is 0 Å². The summed E-state index contributed by atoms with van der Waals surface area (Å²) in [5, 5.41) is 8.54. The minimum Gasteiger partial charge on any atom is -0.198 e. The number of rotatable bonds is 3. The van der Waals surface area contributed by atoms with Gasteiger partial charge in [-0.25, -0.2) is 0 Å². The Morgan fingerprint density at radius 1 is 1.55 bits per heavy atom. The molecule has 0 heterocycles. The molecule has 1 heteroatoms. The van der Waals surface area contributed by atoms with Crippen molar-refractivity contribution < 1.29 is 0 Å². The second-order valence-electron chi connectivity index (χ2n) is 3.95. The van der Waals surface area contributed by atoms with Gasteiger partial charge in [-0.05, 0) is 17.8 Å². The lowest BCUT2D eigenvalue weighted by molar-refractivity contribution is 0.246. The highest BCUT2D eigenvalue weighted by Gasteiger charge is 2.22. The van der Waals surface area contributed by atoms with Crippen molar-refractivity contribution in [3.05, 3.63) is 12.7 Å². The molecule has 0 bridgehead atoms. The zero-order valence-electron chi connectivity index (χ0n) is 7.72. The van der Waals surface area contributed by atoms with Crippen LogP contribution in [0.3, 0.4) is 0 Å². The average molecular weight is 151 g/mol. The van der Waals surface area contributed by atoms with E-state index in [1.165, 1.54) is 0 Å². The van der Waals surface area contributed by atoms with Crippen LogP contribution in [0.15, 0.2) is 12.7 Å². The monoisotopic (exact) mass is 151 g/mol. The van der Waals surface area contributed by atoms with Gasteiger partial charge in [0, 0.05) is 6.42 Å². The fraction of sp³-hybridized carbons (Fsp3) is 0.700. The number of nitriles is 1. The van der Waals surface area contributed by atoms with E-state index in [2.05, 4.69) is 33.4 Å². The number of allylic oxidation sites excluding steroid dienone is 1. The van der Waals surface area contributed by atoms with Crippen molar-refractivity contribution in [3.8, 4) is 6.07 Å². The molecule has 0 aromatic rings. The lowest BCUT2D eigenvalue weighted by Crippen LogP contribution is -2.19. The van der Waals surface area contributed by atoms with Crippen LogP contribution in [0.2, 0.25) is 0 Å². The summed E-state index contributed by atoms with van der Waals surface area (Å²) in [6.07, 6.45) is 3.47. The molecule has 1 atom stereocenters. The molecule has 1 unspecified atom stereocenters. The predicted octanol–water partition coefficient (Wildman–Crippen LogP) is 3.14. The van der Waals surface area contributed by atoms with Crippen LogP contribution >= 0.6 is 0 Å². The van der Waals surface area contributed by atoms with E-state index in [0.29, 0.717) is 12.3 Å². The smallest absolute Gasteiger partial charge is 0.0624 e. The molecule has 1 nitrogen and oxygen atoms in total. The zero-order valence-corrected chi connectivity index (χ0v) is 7.72. The molecule has 0 radical (unpaired) electrons. The third kappa shape index (κ3) is 3.83. The topological polar surface area (TPSA) is 23.8 Å². The molecule has 0 aliphatic carbocycles. The van der Waals surface area contributed by atoms with Gasteiger partial charge < -0.3 is 0 Å². The highest BCUT2D eigenvalue weighted by molar-refractivity contribution is 4.87. The van der Waals surface area contributed by atoms with Crippen molar-refractivity contribution in [2.24, 2.45) is 11.3 Å². The summed E-state index contributed by atoms with van der Waals surface area (Å²) < 4.78 is 0. The van der Waals surface area contributed by atoms with Crippen LogP contribution in [0.5, 0.6) is 0 Å². The number of hydrogen-bond acceptors (Lipinski definition) is 1. The molecule has 0 saturated heterocycles. The Hall–Kier alpha value is -0.770. The summed E-state index contributed by atoms with van der Waals surface area (Å²) in [7, 11) is 0. The minimum absolute atomic E-state index is 0.226. The molecule has 0 amide bonds. The molecule has 62 valence electrons. The minimum atomic E-state index is 0.226. The first-order valence-corrected chi connectivity index (χ1v) is 4.00. The Balaban J connectivity index is 4.11. The van der Waals surface area contributed by atoms with Gasteiger partial charge in [0.15, 0.2) is 0 Å². The fourth-order valence-corrected chi connectivity index (χ4v) is 1.05. The van der Waals surface area contributed by atoms with Crippen LogP contribution in [0.4, 0.5) is 0 Å². The lowest BCUT2D eigenvalue weighted by Gasteiger charge is -2.27. The lowest BCUT2D eigenvalue weighted by atomic mass is 9.77. The average Bonchev–Trinajstić information content (AvgIpc) is 1.85. The fourth-order valence-electron chi connectivity index (χ4n) is 1.05. The van der Waals surface area contributed by atoms with Crippen LogP contribution in [0, 0.1) is 22.7 Å². The van der Waals surface area contributed by atoms with E-state index in [-0.39, 0.29) is 5.41 Å². The van der Waals surface area contributed by atoms with E-state index < -0.39 is 0 Å². The largest absolute Gasteiger partial charge is 0.198 e. The van der Waals surface area contributed by atoms with Gasteiger partial charge in [-0.3, -0.25) is 0 Å². The summed E-state index contributed by atoms with van der Waals surface area (Å²) in [6.45, 7) is 10.2. The summed E-state index contributed by atoms with van der Waals surface area (Å²) in [4.78, 5) is 0. The highest BCUT2D eigenvalue weighted by Crippen LogP contribution is 2.31. The molecule has 0 spiro atoms. The van der Waals surface area contributed by atoms with E-state index in [1.54, 1.807) is 0 Å². The van der Waals surface area contributed by atoms with E-state index in [9.17, 15) is 0 Å². The van der Waals surface area contributed by atoms with Gasteiger partial charge in [-0.1, -0.05) is 26.8 Å². The quantitative estimate of drug-likeness (QED) is 0.568. The molecular weight excluding hydrogens is 134 g/mol. The van der Waals surface area contributed by atoms with Crippen molar-refractivity contribution >= 4 is 0 Å². The zero-order chi connectivity index (χ0) is 8.91. The van der Waals surface area contributed by atoms with Crippen molar-refractivity contribution in [1.82, 2.24) is 0 Å². The summed E-state index contributed by atoms with van der Waals surface area (Å²) in [6, 6.07) is 2.21. The standard InChI is InChI=1S/C10H17N/c1-5-6-9(7-8-11)10(2,3)4/h5,9H,1,6-7H2,2-4H3. The van der Waals surface area contributed by atoms with Gasteiger partial charge in [-0.15, -0.1) is 6.58 Å². The maximum absolute atomic E-state index is 8.54. The van der Waals surface area contributed by atoms with Crippen molar-refractivity contribution in [1.29, 1.82) is 5.26 Å². The van der Waals surface area contributed by atoms with Gasteiger partial charge in [0.2, 0.25) is 0 Å². The predicted molar refractivity (Wildman–Crippen MR) is 48.0 cm³/mol. The first-order valence-electron chi connectivity index (χ1n) is 4.00. The first-order chi connectivity index (χ1) is 5.02. The third-order valence-electron chi connectivity index (χ3n) is 2.01. The molecule has 11 heavy (non-hydrogen) atoms. The van der Waals surface area contributed by atoms with Gasteiger partial charge in [0.05, 0.1) is 6.07 Å². The Morgan fingerprint density at radius 3 is 2.36 bits per heavy atom. The Labute approximate surface area is 69.7 Å². The van der Waals surface area contributed by atoms with Crippen LogP contribution in [-0.2, 0) is 0 Å². The third-order valence-corrected chi connectivity index (χ3v) is 2.01. The Bertz CT molecular complexity index is 157. The maximum Gasteiger partial charge on any atom is 0.0624 e. The van der Waals surface area contributed by atoms with Crippen molar-refractivity contribution in [2.75, 3.05) is 0 Å². The molecule has 0 aliphatic heterocycles. The first kappa shape index (κ1) is 10.2. The van der Waals surface area contributed by atoms with E-state index in [0.717, 1.165) is 6.42 Å². The molecule has 0 N–H and O–H groups in total. The van der Waals surface area contributed by atoms with Gasteiger partial charge in [0.1, 0.15) is 0 Å². The molecular formula is C10H17N. The highest BCUT2D eigenvalue weighted by atomic mass is 14.3. The second kappa shape index (κ2) is 4.18. The Morgan fingerprint density at radius 2 is 2.09 bits per heavy atom. The summed E-state index contributed by atoms with van der Waals surface area (Å²) >= 11 is 0. The van der Waals surface area contributed by atoms with Crippen LogP contribution < -0.4 is 0 Å². The van der Waals surface area contributed by atoms with E-state index in [1.807, 2.05) is 6.08 Å². The normalized spacial score (nSPS) is 13.6. The molecule has 0 saturated carbocycles.